The van der Waals surface area contributed by atoms with E-state index >= 15 is 0 Å². The number of rotatable bonds is 7. The highest BCUT2D eigenvalue weighted by atomic mass is 35.5. The van der Waals surface area contributed by atoms with Gasteiger partial charge in [-0.3, -0.25) is 9.78 Å². The predicted molar refractivity (Wildman–Crippen MR) is 146 cm³/mol. The number of hydrogen-bond acceptors (Lipinski definition) is 4. The molecule has 182 valence electrons. The number of benzene rings is 2. The van der Waals surface area contributed by atoms with E-state index < -0.39 is 0 Å². The Morgan fingerprint density at radius 2 is 1.83 bits per heavy atom. The number of nitrogens with one attached hydrogen (secondary N) is 2. The summed E-state index contributed by atoms with van der Waals surface area (Å²) in [6.45, 7) is 0.395. The first-order valence-electron chi connectivity index (χ1n) is 11.4. The van der Waals surface area contributed by atoms with Crippen LogP contribution in [0.5, 0.6) is 0 Å². The molecule has 1 fully saturated rings. The first-order chi connectivity index (χ1) is 17.5. The summed E-state index contributed by atoms with van der Waals surface area (Å²) in [5, 5.41) is 7.70. The second-order valence-electron chi connectivity index (χ2n) is 8.29. The Morgan fingerprint density at radius 3 is 2.61 bits per heavy atom. The molecule has 3 heterocycles. The molecule has 0 aliphatic carbocycles. The summed E-state index contributed by atoms with van der Waals surface area (Å²) < 4.78 is 6.31. The Hall–Kier alpha value is -3.39. The molecule has 5 rings (SSSR count). The van der Waals surface area contributed by atoms with Crippen molar-refractivity contribution < 1.29 is 9.21 Å². The predicted octanol–water partition coefficient (Wildman–Crippen LogP) is 6.65. The van der Waals surface area contributed by atoms with Crippen LogP contribution in [0.15, 0.2) is 89.5 Å². The number of hydrogen-bond donors (Lipinski definition) is 2. The largest absolute Gasteiger partial charge is 0.459 e. The fourth-order valence-electron chi connectivity index (χ4n) is 4.27. The molecule has 2 aromatic carbocycles. The smallest absolute Gasteiger partial charge is 0.226 e. The van der Waals surface area contributed by atoms with Crippen molar-refractivity contribution in [1.29, 1.82) is 0 Å². The van der Waals surface area contributed by atoms with Crippen LogP contribution < -0.4 is 10.6 Å². The van der Waals surface area contributed by atoms with Crippen molar-refractivity contribution in [1.82, 2.24) is 15.2 Å². The quantitative estimate of drug-likeness (QED) is 0.257. The summed E-state index contributed by atoms with van der Waals surface area (Å²) >= 11 is 18.3. The number of para-hydroxylation sites is 1. The van der Waals surface area contributed by atoms with E-state index in [1.807, 2.05) is 77.7 Å². The van der Waals surface area contributed by atoms with Crippen molar-refractivity contribution in [3.8, 4) is 11.3 Å². The normalized spacial score (nSPS) is 17.2. The fraction of sp³-hybridized carbons (Fsp3) is 0.148. The van der Waals surface area contributed by atoms with Crippen molar-refractivity contribution in [2.45, 2.75) is 18.5 Å². The maximum atomic E-state index is 12.7. The van der Waals surface area contributed by atoms with Gasteiger partial charge in [-0.05, 0) is 60.7 Å². The van der Waals surface area contributed by atoms with E-state index in [-0.39, 0.29) is 24.4 Å². The molecule has 2 atom stereocenters. The van der Waals surface area contributed by atoms with Crippen LogP contribution in [0.4, 0.5) is 5.69 Å². The standard InChI is InChI=1S/C27H22Cl2N4O2S/c28-19-10-6-9-18(24(19)29)21-12-13-22(35-21)26-25(20-11-4-5-15-30-20)32-27(36)33(26)16-14-23(34)31-17-7-2-1-3-8-17/h1-13,15,25-26H,14,16H2,(H,31,34)(H,32,36). The maximum absolute atomic E-state index is 12.7. The van der Waals surface area contributed by atoms with E-state index in [1.165, 1.54) is 0 Å². The number of nitrogens with zero attached hydrogens (tertiary/aromatic N) is 2. The third kappa shape index (κ3) is 5.09. The van der Waals surface area contributed by atoms with Crippen LogP contribution in [-0.2, 0) is 4.79 Å². The van der Waals surface area contributed by atoms with E-state index in [9.17, 15) is 4.79 Å². The third-order valence-electron chi connectivity index (χ3n) is 5.97. The zero-order valence-corrected chi connectivity index (χ0v) is 21.4. The second-order valence-corrected chi connectivity index (χ2v) is 9.46. The van der Waals surface area contributed by atoms with Crippen LogP contribution in [0.25, 0.3) is 11.3 Å². The zero-order valence-electron chi connectivity index (χ0n) is 19.0. The highest BCUT2D eigenvalue weighted by molar-refractivity contribution is 7.80. The Bertz CT molecular complexity index is 1380. The van der Waals surface area contributed by atoms with Crippen molar-refractivity contribution in [3.63, 3.8) is 0 Å². The van der Waals surface area contributed by atoms with Crippen molar-refractivity contribution in [2.75, 3.05) is 11.9 Å². The molecule has 1 saturated heterocycles. The van der Waals surface area contributed by atoms with Crippen LogP contribution >= 0.6 is 35.4 Å². The lowest BCUT2D eigenvalue weighted by Gasteiger charge is -2.25. The van der Waals surface area contributed by atoms with Crippen LogP contribution in [0.2, 0.25) is 10.0 Å². The first kappa shape index (κ1) is 24.3. The number of amides is 1. The second kappa shape index (κ2) is 10.7. The van der Waals surface area contributed by atoms with Crippen molar-refractivity contribution in [2.24, 2.45) is 0 Å². The van der Waals surface area contributed by atoms with Crippen molar-refractivity contribution >= 4 is 52.1 Å². The van der Waals surface area contributed by atoms with E-state index in [1.54, 1.807) is 12.3 Å². The number of halogens is 2. The van der Waals surface area contributed by atoms with Crippen LogP contribution in [0.1, 0.15) is 30.0 Å². The van der Waals surface area contributed by atoms with Gasteiger partial charge in [0, 0.05) is 30.4 Å². The summed E-state index contributed by atoms with van der Waals surface area (Å²) in [7, 11) is 0. The molecule has 6 nitrogen and oxygen atoms in total. The number of thiocarbonyl (C=S) groups is 1. The monoisotopic (exact) mass is 536 g/mol. The van der Waals surface area contributed by atoms with Gasteiger partial charge in [0.05, 0.1) is 21.8 Å². The topological polar surface area (TPSA) is 70.4 Å². The molecule has 1 amide bonds. The number of carbonyl (C=O) groups excluding carboxylic acids is 1. The van der Waals surface area contributed by atoms with E-state index in [0.29, 0.717) is 38.8 Å². The van der Waals surface area contributed by atoms with Gasteiger partial charge in [0.2, 0.25) is 5.91 Å². The van der Waals surface area contributed by atoms with Gasteiger partial charge in [-0.25, -0.2) is 0 Å². The molecule has 2 N–H and O–H groups in total. The zero-order chi connectivity index (χ0) is 25.1. The molecule has 0 bridgehead atoms. The molecule has 0 saturated carbocycles. The maximum Gasteiger partial charge on any atom is 0.226 e. The van der Waals surface area contributed by atoms with E-state index in [0.717, 1.165) is 11.4 Å². The van der Waals surface area contributed by atoms with Gasteiger partial charge in [-0.15, -0.1) is 0 Å². The fourth-order valence-corrected chi connectivity index (χ4v) is 5.00. The van der Waals surface area contributed by atoms with Gasteiger partial charge in [-0.1, -0.05) is 53.5 Å². The molecular weight excluding hydrogens is 515 g/mol. The van der Waals surface area contributed by atoms with Crippen LogP contribution in [0, 0.1) is 0 Å². The van der Waals surface area contributed by atoms with Gasteiger partial charge < -0.3 is 20.0 Å². The Morgan fingerprint density at radius 1 is 1.03 bits per heavy atom. The molecule has 9 heteroatoms. The van der Waals surface area contributed by atoms with Gasteiger partial charge in [-0.2, -0.15) is 0 Å². The number of furan rings is 1. The minimum atomic E-state index is -0.316. The number of anilines is 1. The molecule has 2 unspecified atom stereocenters. The lowest BCUT2D eigenvalue weighted by Crippen LogP contribution is -2.32. The summed E-state index contributed by atoms with van der Waals surface area (Å²) in [5.41, 5.74) is 2.27. The summed E-state index contributed by atoms with van der Waals surface area (Å²) in [4.78, 5) is 19.2. The molecular formula is C27H22Cl2N4O2S. The number of pyridine rings is 1. The Labute approximate surface area is 224 Å². The summed E-state index contributed by atoms with van der Waals surface area (Å²) in [6.07, 6.45) is 1.99. The van der Waals surface area contributed by atoms with Gasteiger partial charge in [0.1, 0.15) is 17.6 Å². The molecule has 2 aromatic heterocycles. The summed E-state index contributed by atoms with van der Waals surface area (Å²) in [5.74, 6) is 1.17. The lowest BCUT2D eigenvalue weighted by molar-refractivity contribution is -0.116. The molecule has 36 heavy (non-hydrogen) atoms. The van der Waals surface area contributed by atoms with Crippen molar-refractivity contribution in [3.05, 3.63) is 107 Å². The molecule has 1 aliphatic heterocycles. The summed E-state index contributed by atoms with van der Waals surface area (Å²) in [6, 6.07) is 23.7. The van der Waals surface area contributed by atoms with Gasteiger partial charge in [0.25, 0.3) is 0 Å². The average molecular weight is 537 g/mol. The average Bonchev–Trinajstić information content (AvgIpc) is 3.50. The highest BCUT2D eigenvalue weighted by Crippen LogP contribution is 2.42. The van der Waals surface area contributed by atoms with E-state index in [4.69, 9.17) is 39.8 Å². The minimum absolute atomic E-state index is 0.102. The molecule has 4 aromatic rings. The number of carbonyl (C=O) groups is 1. The van der Waals surface area contributed by atoms with Crippen LogP contribution in [-0.4, -0.2) is 27.4 Å². The Kier molecular flexibility index (Phi) is 7.23. The molecule has 0 radical (unpaired) electrons. The van der Waals surface area contributed by atoms with Crippen LogP contribution in [0.3, 0.4) is 0 Å². The Balaban J connectivity index is 1.42. The van der Waals surface area contributed by atoms with Gasteiger partial charge >= 0.3 is 0 Å². The number of aromatic nitrogens is 1. The minimum Gasteiger partial charge on any atom is -0.459 e. The lowest BCUT2D eigenvalue weighted by atomic mass is 10.0. The van der Waals surface area contributed by atoms with E-state index in [2.05, 4.69) is 15.6 Å². The first-order valence-corrected chi connectivity index (χ1v) is 12.5. The third-order valence-corrected chi connectivity index (χ3v) is 7.14. The SMILES string of the molecule is O=C(CCN1C(=S)NC(c2ccccn2)C1c1ccc(-c2cccc(Cl)c2Cl)o1)Nc1ccccc1. The highest BCUT2D eigenvalue weighted by Gasteiger charge is 2.41. The molecule has 0 spiro atoms. The molecule has 1 aliphatic rings. The van der Waals surface area contributed by atoms with Gasteiger partial charge in [0.15, 0.2) is 5.11 Å².